The molecular weight excluding hydrogens is 300 g/mol. The van der Waals surface area contributed by atoms with Gasteiger partial charge >= 0.3 is 17.9 Å². The maximum absolute atomic E-state index is 12.5. The van der Waals surface area contributed by atoms with Crippen molar-refractivity contribution in [3.63, 3.8) is 0 Å². The minimum Gasteiger partial charge on any atom is -0.463 e. The summed E-state index contributed by atoms with van der Waals surface area (Å²) in [5, 5.41) is 0. The summed E-state index contributed by atoms with van der Waals surface area (Å²) < 4.78 is 14.8. The first-order chi connectivity index (χ1) is 10.5. The molecule has 130 valence electrons. The Labute approximate surface area is 137 Å². The molecule has 6 heteroatoms. The third kappa shape index (κ3) is 4.81. The lowest BCUT2D eigenvalue weighted by molar-refractivity contribution is -0.171. The Morgan fingerprint density at radius 1 is 1.26 bits per heavy atom. The van der Waals surface area contributed by atoms with Crippen LogP contribution in [0.5, 0.6) is 0 Å². The minimum absolute atomic E-state index is 0.235. The van der Waals surface area contributed by atoms with Crippen LogP contribution in [0.1, 0.15) is 48.0 Å². The van der Waals surface area contributed by atoms with Crippen molar-refractivity contribution in [2.24, 2.45) is 10.8 Å². The molecule has 0 aromatic heterocycles. The second kappa shape index (κ2) is 7.15. The Morgan fingerprint density at radius 2 is 1.87 bits per heavy atom. The standard InChI is InChI=1S/C17H26O6/c1-11(2)9-17(6,16(3,4)5)15(20)22-10-13(18)23-12-7-8-21-14(12)19/h9,12H,7-8,10H2,1-6H3. The molecule has 0 aromatic carbocycles. The van der Waals surface area contributed by atoms with Crippen LogP contribution in [0.15, 0.2) is 11.6 Å². The van der Waals surface area contributed by atoms with E-state index >= 15 is 0 Å². The highest BCUT2D eigenvalue weighted by Gasteiger charge is 2.44. The number of esters is 3. The van der Waals surface area contributed by atoms with Crippen LogP contribution in [-0.4, -0.2) is 37.2 Å². The monoisotopic (exact) mass is 326 g/mol. The highest BCUT2D eigenvalue weighted by Crippen LogP contribution is 2.41. The molecule has 6 nitrogen and oxygen atoms in total. The fourth-order valence-corrected chi connectivity index (χ4v) is 2.21. The molecule has 0 bridgehead atoms. The molecular formula is C17H26O6. The van der Waals surface area contributed by atoms with Crippen LogP contribution in [0.2, 0.25) is 0 Å². The molecule has 1 aliphatic rings. The van der Waals surface area contributed by atoms with Crippen LogP contribution in [-0.2, 0) is 28.6 Å². The Hall–Kier alpha value is -1.85. The van der Waals surface area contributed by atoms with E-state index in [-0.39, 0.29) is 12.0 Å². The van der Waals surface area contributed by atoms with Crippen LogP contribution in [0.4, 0.5) is 0 Å². The molecule has 0 spiro atoms. The average molecular weight is 326 g/mol. The van der Waals surface area contributed by atoms with Crippen molar-refractivity contribution in [3.8, 4) is 0 Å². The third-order valence-electron chi connectivity index (χ3n) is 4.04. The predicted molar refractivity (Wildman–Crippen MR) is 83.4 cm³/mol. The molecule has 2 atom stereocenters. The molecule has 0 N–H and O–H groups in total. The quantitative estimate of drug-likeness (QED) is 0.438. The normalized spacial score (nSPS) is 20.3. The fourth-order valence-electron chi connectivity index (χ4n) is 2.21. The van der Waals surface area contributed by atoms with Gasteiger partial charge in [0.15, 0.2) is 6.61 Å². The first kappa shape index (κ1) is 19.2. The molecule has 23 heavy (non-hydrogen) atoms. The van der Waals surface area contributed by atoms with Crippen molar-refractivity contribution < 1.29 is 28.6 Å². The molecule has 0 radical (unpaired) electrons. The van der Waals surface area contributed by atoms with Gasteiger partial charge in [0.2, 0.25) is 6.10 Å². The molecule has 0 aliphatic carbocycles. The van der Waals surface area contributed by atoms with Gasteiger partial charge in [-0.1, -0.05) is 32.4 Å². The lowest BCUT2D eigenvalue weighted by Gasteiger charge is -2.37. The van der Waals surface area contributed by atoms with Crippen LogP contribution < -0.4 is 0 Å². The summed E-state index contributed by atoms with van der Waals surface area (Å²) in [4.78, 5) is 35.5. The number of allylic oxidation sites excluding steroid dienone is 1. The SMILES string of the molecule is CC(C)=CC(C)(C(=O)OCC(=O)OC1CCOC1=O)C(C)(C)C. The molecule has 1 heterocycles. The summed E-state index contributed by atoms with van der Waals surface area (Å²) in [5.74, 6) is -1.82. The predicted octanol–water partition coefficient (Wildman–Crippen LogP) is 2.41. The van der Waals surface area contributed by atoms with Crippen LogP contribution >= 0.6 is 0 Å². The van der Waals surface area contributed by atoms with Crippen LogP contribution in [0, 0.1) is 10.8 Å². The molecule has 0 aromatic rings. The van der Waals surface area contributed by atoms with E-state index in [2.05, 4.69) is 0 Å². The van der Waals surface area contributed by atoms with Gasteiger partial charge in [-0.05, 0) is 26.2 Å². The Bertz CT molecular complexity index is 510. The van der Waals surface area contributed by atoms with Crippen LogP contribution in [0.3, 0.4) is 0 Å². The number of ether oxygens (including phenoxy) is 3. The highest BCUT2D eigenvalue weighted by molar-refractivity contribution is 5.84. The number of hydrogen-bond donors (Lipinski definition) is 0. The van der Waals surface area contributed by atoms with Gasteiger partial charge in [0.1, 0.15) is 0 Å². The van der Waals surface area contributed by atoms with Gasteiger partial charge in [0, 0.05) is 6.42 Å². The fraction of sp³-hybridized carbons (Fsp3) is 0.706. The van der Waals surface area contributed by atoms with Gasteiger partial charge < -0.3 is 14.2 Å². The Kier molecular flexibility index (Phi) is 5.97. The van der Waals surface area contributed by atoms with Gasteiger partial charge in [-0.15, -0.1) is 0 Å². The van der Waals surface area contributed by atoms with Gasteiger partial charge in [0.05, 0.1) is 12.0 Å². The van der Waals surface area contributed by atoms with Crippen molar-refractivity contribution >= 4 is 17.9 Å². The summed E-state index contributed by atoms with van der Waals surface area (Å²) >= 11 is 0. The average Bonchev–Trinajstić information content (AvgIpc) is 2.79. The van der Waals surface area contributed by atoms with E-state index in [0.717, 1.165) is 5.57 Å². The smallest absolute Gasteiger partial charge is 0.347 e. The summed E-state index contributed by atoms with van der Waals surface area (Å²) in [6.07, 6.45) is 1.28. The Balaban J connectivity index is 2.67. The maximum atomic E-state index is 12.5. The van der Waals surface area contributed by atoms with E-state index in [4.69, 9.17) is 14.2 Å². The van der Waals surface area contributed by atoms with E-state index in [0.29, 0.717) is 6.42 Å². The highest BCUT2D eigenvalue weighted by atomic mass is 16.6. The van der Waals surface area contributed by atoms with Crippen molar-refractivity contribution in [1.82, 2.24) is 0 Å². The zero-order valence-corrected chi connectivity index (χ0v) is 14.7. The zero-order chi connectivity index (χ0) is 17.8. The molecule has 0 saturated carbocycles. The number of carbonyl (C=O) groups is 3. The summed E-state index contributed by atoms with van der Waals surface area (Å²) in [7, 11) is 0. The number of cyclic esters (lactones) is 1. The van der Waals surface area contributed by atoms with E-state index in [1.54, 1.807) is 6.92 Å². The second-order valence-electron chi connectivity index (χ2n) is 7.18. The van der Waals surface area contributed by atoms with Crippen molar-refractivity contribution in [3.05, 3.63) is 11.6 Å². The lowest BCUT2D eigenvalue weighted by atomic mass is 9.67. The van der Waals surface area contributed by atoms with E-state index < -0.39 is 36.0 Å². The first-order valence-electron chi connectivity index (χ1n) is 7.67. The lowest BCUT2D eigenvalue weighted by Crippen LogP contribution is -2.41. The van der Waals surface area contributed by atoms with Gasteiger partial charge in [-0.25, -0.2) is 9.59 Å². The van der Waals surface area contributed by atoms with Crippen molar-refractivity contribution in [2.45, 2.75) is 54.1 Å². The van der Waals surface area contributed by atoms with Gasteiger partial charge in [-0.3, -0.25) is 4.79 Å². The van der Waals surface area contributed by atoms with Crippen molar-refractivity contribution in [2.75, 3.05) is 13.2 Å². The number of carbonyl (C=O) groups excluding carboxylic acids is 3. The van der Waals surface area contributed by atoms with Crippen molar-refractivity contribution in [1.29, 1.82) is 0 Å². The maximum Gasteiger partial charge on any atom is 0.347 e. The molecule has 1 aliphatic heterocycles. The van der Waals surface area contributed by atoms with Crippen LogP contribution in [0.25, 0.3) is 0 Å². The zero-order valence-electron chi connectivity index (χ0n) is 14.7. The topological polar surface area (TPSA) is 78.9 Å². The molecule has 1 fully saturated rings. The summed E-state index contributed by atoms with van der Waals surface area (Å²) in [5.41, 5.74) is -0.283. The molecule has 2 unspecified atom stereocenters. The summed E-state index contributed by atoms with van der Waals surface area (Å²) in [6.45, 7) is 11.1. The molecule has 1 rings (SSSR count). The van der Waals surface area contributed by atoms with E-state index in [1.807, 2.05) is 40.7 Å². The first-order valence-corrected chi connectivity index (χ1v) is 7.67. The summed E-state index contributed by atoms with van der Waals surface area (Å²) in [6, 6.07) is 0. The third-order valence-corrected chi connectivity index (χ3v) is 4.04. The molecule has 1 saturated heterocycles. The molecule has 0 amide bonds. The van der Waals surface area contributed by atoms with Gasteiger partial charge in [-0.2, -0.15) is 0 Å². The Morgan fingerprint density at radius 3 is 2.30 bits per heavy atom. The van der Waals surface area contributed by atoms with Gasteiger partial charge in [0.25, 0.3) is 0 Å². The number of hydrogen-bond acceptors (Lipinski definition) is 6. The minimum atomic E-state index is -0.895. The largest absolute Gasteiger partial charge is 0.463 e. The van der Waals surface area contributed by atoms with E-state index in [9.17, 15) is 14.4 Å². The van der Waals surface area contributed by atoms with E-state index in [1.165, 1.54) is 0 Å². The second-order valence-corrected chi connectivity index (χ2v) is 7.18. The number of rotatable bonds is 5.